The zero-order valence-corrected chi connectivity index (χ0v) is 17.5. The molecule has 0 bridgehead atoms. The molecule has 0 radical (unpaired) electrons. The van der Waals surface area contributed by atoms with Crippen molar-refractivity contribution in [3.63, 3.8) is 0 Å². The Morgan fingerprint density at radius 1 is 1.07 bits per heavy atom. The van der Waals surface area contributed by atoms with Crippen LogP contribution in [0.15, 0.2) is 30.3 Å². The van der Waals surface area contributed by atoms with Gasteiger partial charge in [-0.05, 0) is 50.0 Å². The molecule has 0 spiro atoms. The van der Waals surface area contributed by atoms with Crippen LogP contribution in [-0.4, -0.2) is 48.4 Å². The highest BCUT2D eigenvalue weighted by Crippen LogP contribution is 2.37. The molecule has 0 atom stereocenters. The van der Waals surface area contributed by atoms with Gasteiger partial charge in [-0.3, -0.25) is 14.4 Å². The van der Waals surface area contributed by atoms with Gasteiger partial charge in [0.2, 0.25) is 5.91 Å². The average Bonchev–Trinajstić information content (AvgIpc) is 2.74. The summed E-state index contributed by atoms with van der Waals surface area (Å²) in [5, 5.41) is 3.00. The van der Waals surface area contributed by atoms with Crippen LogP contribution in [0, 0.1) is 5.92 Å². The van der Waals surface area contributed by atoms with E-state index in [1.807, 2.05) is 30.3 Å². The Balaban J connectivity index is 1.62. The van der Waals surface area contributed by atoms with Gasteiger partial charge < -0.3 is 15.0 Å². The summed E-state index contributed by atoms with van der Waals surface area (Å²) in [4.78, 5) is 38.9. The van der Waals surface area contributed by atoms with E-state index in [9.17, 15) is 14.4 Å². The van der Waals surface area contributed by atoms with Crippen molar-refractivity contribution in [2.24, 2.45) is 5.92 Å². The summed E-state index contributed by atoms with van der Waals surface area (Å²) in [7, 11) is 0. The molecule has 3 rings (SSSR count). The summed E-state index contributed by atoms with van der Waals surface area (Å²) >= 11 is 0. The minimum Gasteiger partial charge on any atom is -0.455 e. The molecule has 2 aliphatic rings. The predicted octanol–water partition coefficient (Wildman–Crippen LogP) is 2.80. The Hall–Kier alpha value is -2.37. The molecule has 1 N–H and O–H groups in total. The molecule has 29 heavy (non-hydrogen) atoms. The number of likely N-dealkylation sites (tertiary alicyclic amines) is 1. The monoisotopic (exact) mass is 400 g/mol. The molecule has 6 heteroatoms. The Kier molecular flexibility index (Phi) is 6.93. The van der Waals surface area contributed by atoms with Crippen LogP contribution < -0.4 is 5.32 Å². The van der Waals surface area contributed by atoms with Crippen molar-refractivity contribution in [2.75, 3.05) is 19.7 Å². The number of piperidine rings is 1. The minimum atomic E-state index is -0.812. The van der Waals surface area contributed by atoms with E-state index in [0.29, 0.717) is 31.8 Å². The molecule has 1 aromatic carbocycles. The van der Waals surface area contributed by atoms with E-state index in [1.54, 1.807) is 11.8 Å². The van der Waals surface area contributed by atoms with Gasteiger partial charge in [0.25, 0.3) is 5.91 Å². The normalized spacial score (nSPS) is 23.9. The molecule has 1 heterocycles. The van der Waals surface area contributed by atoms with Crippen LogP contribution >= 0.6 is 0 Å². The molecule has 1 saturated heterocycles. The maximum absolute atomic E-state index is 13.1. The first-order valence-electron chi connectivity index (χ1n) is 10.7. The predicted molar refractivity (Wildman–Crippen MR) is 110 cm³/mol. The van der Waals surface area contributed by atoms with Gasteiger partial charge in [0.15, 0.2) is 6.61 Å². The zero-order chi connectivity index (χ0) is 20.9. The van der Waals surface area contributed by atoms with Crippen molar-refractivity contribution in [1.29, 1.82) is 0 Å². The van der Waals surface area contributed by atoms with E-state index in [-0.39, 0.29) is 30.4 Å². The highest BCUT2D eigenvalue weighted by Gasteiger charge is 2.45. The zero-order valence-electron chi connectivity index (χ0n) is 17.5. The Morgan fingerprint density at radius 3 is 2.28 bits per heavy atom. The van der Waals surface area contributed by atoms with Crippen molar-refractivity contribution < 1.29 is 19.1 Å². The van der Waals surface area contributed by atoms with Crippen LogP contribution in [0.2, 0.25) is 0 Å². The van der Waals surface area contributed by atoms with Crippen molar-refractivity contribution in [3.8, 4) is 0 Å². The van der Waals surface area contributed by atoms with E-state index in [0.717, 1.165) is 31.2 Å². The third kappa shape index (κ3) is 5.17. The molecule has 0 unspecified atom stereocenters. The highest BCUT2D eigenvalue weighted by atomic mass is 16.5. The number of carbonyl (C=O) groups is 3. The number of esters is 1. The van der Waals surface area contributed by atoms with E-state index < -0.39 is 5.41 Å². The molecule has 6 nitrogen and oxygen atoms in total. The first kappa shape index (κ1) is 21.3. The van der Waals surface area contributed by atoms with Gasteiger partial charge in [0, 0.05) is 26.1 Å². The summed E-state index contributed by atoms with van der Waals surface area (Å²) in [5.41, 5.74) is 0.0724. The number of hydrogen-bond acceptors (Lipinski definition) is 4. The minimum absolute atomic E-state index is 0.0150. The number of carbonyl (C=O) groups excluding carboxylic acids is 3. The number of benzene rings is 1. The van der Waals surface area contributed by atoms with Gasteiger partial charge in [-0.2, -0.15) is 0 Å². The standard InChI is InChI=1S/C23H32N2O4/c1-17-8-10-20(11-9-17)24-21(27)16-29-22(28)23(19-6-4-3-5-7-19)12-14-25(15-13-23)18(2)26/h3-7,17,20H,8-16H2,1-2H3,(H,24,27). The third-order valence-corrected chi connectivity index (χ3v) is 6.49. The number of rotatable bonds is 5. The summed E-state index contributed by atoms with van der Waals surface area (Å²) in [6.07, 6.45) is 5.20. The molecule has 1 aliphatic heterocycles. The molecular weight excluding hydrogens is 368 g/mol. The molecule has 0 aromatic heterocycles. The van der Waals surface area contributed by atoms with Gasteiger partial charge in [0.1, 0.15) is 0 Å². The summed E-state index contributed by atoms with van der Waals surface area (Å²) in [6.45, 7) is 4.54. The van der Waals surface area contributed by atoms with Crippen LogP contribution in [-0.2, 0) is 24.5 Å². The second-order valence-corrected chi connectivity index (χ2v) is 8.55. The largest absolute Gasteiger partial charge is 0.455 e. The van der Waals surface area contributed by atoms with Crippen LogP contribution in [0.25, 0.3) is 0 Å². The maximum atomic E-state index is 13.1. The summed E-state index contributed by atoms with van der Waals surface area (Å²) in [5.74, 6) is 0.121. The maximum Gasteiger partial charge on any atom is 0.317 e. The van der Waals surface area contributed by atoms with Gasteiger partial charge in [0.05, 0.1) is 5.41 Å². The number of ether oxygens (including phenoxy) is 1. The van der Waals surface area contributed by atoms with Crippen LogP contribution in [0.1, 0.15) is 57.9 Å². The fourth-order valence-corrected chi connectivity index (χ4v) is 4.51. The van der Waals surface area contributed by atoms with E-state index in [2.05, 4.69) is 12.2 Å². The van der Waals surface area contributed by atoms with Crippen molar-refractivity contribution in [1.82, 2.24) is 10.2 Å². The first-order valence-corrected chi connectivity index (χ1v) is 10.7. The molecule has 1 aliphatic carbocycles. The SMILES string of the molecule is CC(=O)N1CCC(C(=O)OCC(=O)NC2CCC(C)CC2)(c2ccccc2)CC1. The quantitative estimate of drug-likeness (QED) is 0.771. The summed E-state index contributed by atoms with van der Waals surface area (Å²) in [6, 6.07) is 9.74. The molecule has 2 amide bonds. The molecule has 2 fully saturated rings. The molecule has 158 valence electrons. The second-order valence-electron chi connectivity index (χ2n) is 8.55. The Bertz CT molecular complexity index is 718. The summed E-state index contributed by atoms with van der Waals surface area (Å²) < 4.78 is 5.51. The smallest absolute Gasteiger partial charge is 0.317 e. The van der Waals surface area contributed by atoms with Crippen LogP contribution in [0.3, 0.4) is 0 Å². The topological polar surface area (TPSA) is 75.7 Å². The van der Waals surface area contributed by atoms with Crippen LogP contribution in [0.5, 0.6) is 0 Å². The Morgan fingerprint density at radius 2 is 1.69 bits per heavy atom. The average molecular weight is 401 g/mol. The van der Waals surface area contributed by atoms with E-state index >= 15 is 0 Å². The van der Waals surface area contributed by atoms with E-state index in [4.69, 9.17) is 4.74 Å². The first-order chi connectivity index (χ1) is 13.9. The number of nitrogens with one attached hydrogen (secondary N) is 1. The molecule has 1 saturated carbocycles. The highest BCUT2D eigenvalue weighted by molar-refractivity contribution is 5.87. The number of nitrogens with zero attached hydrogens (tertiary/aromatic N) is 1. The number of amides is 2. The van der Waals surface area contributed by atoms with Gasteiger partial charge in [-0.1, -0.05) is 37.3 Å². The van der Waals surface area contributed by atoms with Crippen molar-refractivity contribution in [3.05, 3.63) is 35.9 Å². The lowest BCUT2D eigenvalue weighted by Gasteiger charge is -2.40. The van der Waals surface area contributed by atoms with Gasteiger partial charge in [-0.15, -0.1) is 0 Å². The van der Waals surface area contributed by atoms with Gasteiger partial charge in [-0.25, -0.2) is 0 Å². The molecular formula is C23H32N2O4. The fraction of sp³-hybridized carbons (Fsp3) is 0.609. The molecule has 1 aromatic rings. The third-order valence-electron chi connectivity index (χ3n) is 6.49. The lowest BCUT2D eigenvalue weighted by molar-refractivity contribution is -0.157. The lowest BCUT2D eigenvalue weighted by atomic mass is 9.72. The van der Waals surface area contributed by atoms with Crippen molar-refractivity contribution in [2.45, 2.75) is 63.8 Å². The second kappa shape index (κ2) is 9.42. The fourth-order valence-electron chi connectivity index (χ4n) is 4.51. The lowest BCUT2D eigenvalue weighted by Crippen LogP contribution is -2.50. The van der Waals surface area contributed by atoms with E-state index in [1.165, 1.54) is 0 Å². The van der Waals surface area contributed by atoms with Crippen molar-refractivity contribution >= 4 is 17.8 Å². The Labute approximate surface area is 173 Å². The van der Waals surface area contributed by atoms with Crippen LogP contribution in [0.4, 0.5) is 0 Å². The number of hydrogen-bond donors (Lipinski definition) is 1. The van der Waals surface area contributed by atoms with Gasteiger partial charge >= 0.3 is 5.97 Å².